The van der Waals surface area contributed by atoms with Crippen LogP contribution in [0.2, 0.25) is 0 Å². The first-order valence-corrected chi connectivity index (χ1v) is 10.1. The van der Waals surface area contributed by atoms with Crippen LogP contribution in [0.5, 0.6) is 0 Å². The molecule has 0 radical (unpaired) electrons. The normalized spacial score (nSPS) is 18.8. The number of esters is 1. The fourth-order valence-corrected chi connectivity index (χ4v) is 4.26. The standard InChI is InChI=1S/C23H26N2O4/c1-3-28-22(26)21-14-24(2)12-13-25(21)23(27)29-15-20-18-10-6-4-8-16(18)17-9-5-7-11-19(17)20/h4-11,20-21H,3,12-15H2,1-2H3. The molecule has 6 nitrogen and oxygen atoms in total. The van der Waals surface area contributed by atoms with Crippen LogP contribution in [0.25, 0.3) is 11.1 Å². The lowest BCUT2D eigenvalue weighted by Gasteiger charge is -2.37. The van der Waals surface area contributed by atoms with Crippen LogP contribution < -0.4 is 0 Å². The topological polar surface area (TPSA) is 59.1 Å². The van der Waals surface area contributed by atoms with Gasteiger partial charge in [-0.2, -0.15) is 0 Å². The Kier molecular flexibility index (Phi) is 5.53. The van der Waals surface area contributed by atoms with Crippen LogP contribution >= 0.6 is 0 Å². The lowest BCUT2D eigenvalue weighted by atomic mass is 9.98. The summed E-state index contributed by atoms with van der Waals surface area (Å²) >= 11 is 0. The number of ether oxygens (including phenoxy) is 2. The number of piperazine rings is 1. The summed E-state index contributed by atoms with van der Waals surface area (Å²) in [5.41, 5.74) is 4.71. The fraction of sp³-hybridized carbons (Fsp3) is 0.391. The summed E-state index contributed by atoms with van der Waals surface area (Å²) in [7, 11) is 1.93. The first-order chi connectivity index (χ1) is 14.1. The zero-order valence-electron chi connectivity index (χ0n) is 16.8. The number of hydrogen-bond acceptors (Lipinski definition) is 5. The number of carbonyl (C=O) groups is 2. The second-order valence-electron chi connectivity index (χ2n) is 7.53. The van der Waals surface area contributed by atoms with Crippen molar-refractivity contribution in [3.63, 3.8) is 0 Å². The van der Waals surface area contributed by atoms with E-state index in [4.69, 9.17) is 9.47 Å². The van der Waals surface area contributed by atoms with Crippen molar-refractivity contribution in [3.05, 3.63) is 59.7 Å². The summed E-state index contributed by atoms with van der Waals surface area (Å²) in [6.45, 7) is 3.88. The van der Waals surface area contributed by atoms with E-state index in [1.807, 2.05) is 36.2 Å². The first kappa shape index (κ1) is 19.5. The smallest absolute Gasteiger partial charge is 0.410 e. The highest BCUT2D eigenvalue weighted by Gasteiger charge is 2.37. The molecule has 1 unspecified atom stereocenters. The molecule has 0 N–H and O–H groups in total. The third-order valence-corrected chi connectivity index (χ3v) is 5.71. The predicted molar refractivity (Wildman–Crippen MR) is 110 cm³/mol. The van der Waals surface area contributed by atoms with Gasteiger partial charge >= 0.3 is 12.1 Å². The van der Waals surface area contributed by atoms with Gasteiger partial charge in [-0.1, -0.05) is 48.5 Å². The third-order valence-electron chi connectivity index (χ3n) is 5.71. The molecule has 1 fully saturated rings. The average molecular weight is 394 g/mol. The Hall–Kier alpha value is -2.86. The highest BCUT2D eigenvalue weighted by molar-refractivity contribution is 5.82. The van der Waals surface area contributed by atoms with Crippen molar-refractivity contribution >= 4 is 12.1 Å². The first-order valence-electron chi connectivity index (χ1n) is 10.1. The number of amides is 1. The molecule has 1 aliphatic carbocycles. The molecule has 6 heteroatoms. The van der Waals surface area contributed by atoms with E-state index in [1.54, 1.807) is 6.92 Å². The highest BCUT2D eigenvalue weighted by Crippen LogP contribution is 2.44. The van der Waals surface area contributed by atoms with Gasteiger partial charge < -0.3 is 14.4 Å². The van der Waals surface area contributed by atoms with E-state index >= 15 is 0 Å². The van der Waals surface area contributed by atoms with Gasteiger partial charge in [-0.05, 0) is 36.2 Å². The zero-order chi connectivity index (χ0) is 20.4. The molecule has 2 aromatic rings. The van der Waals surface area contributed by atoms with Crippen LogP contribution in [0.15, 0.2) is 48.5 Å². The number of hydrogen-bond donors (Lipinski definition) is 0. The van der Waals surface area contributed by atoms with E-state index in [9.17, 15) is 9.59 Å². The molecule has 29 heavy (non-hydrogen) atoms. The molecule has 0 aromatic heterocycles. The van der Waals surface area contributed by atoms with Gasteiger partial charge in [-0.3, -0.25) is 4.90 Å². The number of rotatable bonds is 4. The van der Waals surface area contributed by atoms with Gasteiger partial charge in [0.25, 0.3) is 0 Å². The van der Waals surface area contributed by atoms with Gasteiger partial charge in [-0.15, -0.1) is 0 Å². The minimum atomic E-state index is -0.635. The quantitative estimate of drug-likeness (QED) is 0.746. The summed E-state index contributed by atoms with van der Waals surface area (Å²) in [5.74, 6) is -0.382. The van der Waals surface area contributed by atoms with Gasteiger partial charge in [0.2, 0.25) is 0 Å². The van der Waals surface area contributed by atoms with Crippen LogP contribution in [-0.2, 0) is 14.3 Å². The maximum absolute atomic E-state index is 12.9. The van der Waals surface area contributed by atoms with E-state index in [-0.39, 0.29) is 25.1 Å². The van der Waals surface area contributed by atoms with Crippen molar-refractivity contribution < 1.29 is 19.1 Å². The summed E-state index contributed by atoms with van der Waals surface area (Å²) in [6.07, 6.45) is -0.460. The van der Waals surface area contributed by atoms with Gasteiger partial charge in [-0.25, -0.2) is 9.59 Å². The lowest BCUT2D eigenvalue weighted by molar-refractivity contribution is -0.151. The van der Waals surface area contributed by atoms with Crippen LogP contribution in [0.4, 0.5) is 4.79 Å². The molecule has 0 spiro atoms. The molecule has 1 atom stereocenters. The monoisotopic (exact) mass is 394 g/mol. The number of likely N-dealkylation sites (N-methyl/N-ethyl adjacent to an activating group) is 1. The van der Waals surface area contributed by atoms with Crippen molar-refractivity contribution in [1.82, 2.24) is 9.80 Å². The van der Waals surface area contributed by atoms with Crippen molar-refractivity contribution in [2.24, 2.45) is 0 Å². The summed E-state index contributed by atoms with van der Waals surface area (Å²) in [5, 5.41) is 0. The van der Waals surface area contributed by atoms with E-state index < -0.39 is 12.1 Å². The number of fused-ring (bicyclic) bond motifs is 3. The molecule has 1 aliphatic heterocycles. The van der Waals surface area contributed by atoms with Crippen molar-refractivity contribution in [1.29, 1.82) is 0 Å². The molecule has 0 saturated carbocycles. The summed E-state index contributed by atoms with van der Waals surface area (Å²) in [4.78, 5) is 28.8. The molecular formula is C23H26N2O4. The molecule has 1 amide bonds. The largest absolute Gasteiger partial charge is 0.464 e. The highest BCUT2D eigenvalue weighted by atomic mass is 16.6. The lowest BCUT2D eigenvalue weighted by Crippen LogP contribution is -2.57. The second-order valence-corrected chi connectivity index (χ2v) is 7.53. The number of benzene rings is 2. The average Bonchev–Trinajstić information content (AvgIpc) is 3.06. The predicted octanol–water partition coefficient (Wildman–Crippen LogP) is 3.11. The molecule has 2 aromatic carbocycles. The third kappa shape index (κ3) is 3.72. The summed E-state index contributed by atoms with van der Waals surface area (Å²) in [6, 6.07) is 15.8. The van der Waals surface area contributed by atoms with Crippen LogP contribution in [-0.4, -0.2) is 67.8 Å². The Labute approximate surface area is 171 Å². The molecular weight excluding hydrogens is 368 g/mol. The molecule has 4 rings (SSSR count). The SMILES string of the molecule is CCOC(=O)C1CN(C)CCN1C(=O)OCC1c2ccccc2-c2ccccc21. The molecule has 0 bridgehead atoms. The van der Waals surface area contributed by atoms with Gasteiger partial charge in [0.05, 0.1) is 6.61 Å². The van der Waals surface area contributed by atoms with Crippen molar-refractivity contribution in [2.75, 3.05) is 39.9 Å². The number of nitrogens with zero attached hydrogens (tertiary/aromatic N) is 2. The Morgan fingerprint density at radius 1 is 0.966 bits per heavy atom. The molecule has 152 valence electrons. The Morgan fingerprint density at radius 3 is 2.21 bits per heavy atom. The van der Waals surface area contributed by atoms with Gasteiger partial charge in [0.15, 0.2) is 0 Å². The minimum Gasteiger partial charge on any atom is -0.464 e. The van der Waals surface area contributed by atoms with Crippen molar-refractivity contribution in [3.8, 4) is 11.1 Å². The molecule has 1 saturated heterocycles. The second kappa shape index (κ2) is 8.25. The molecule has 2 aliphatic rings. The fourth-order valence-electron chi connectivity index (χ4n) is 4.26. The Bertz CT molecular complexity index is 868. The van der Waals surface area contributed by atoms with Gasteiger partial charge in [0, 0.05) is 25.6 Å². The number of carbonyl (C=O) groups excluding carboxylic acids is 2. The minimum absolute atomic E-state index is 0.000132. The van der Waals surface area contributed by atoms with Crippen molar-refractivity contribution in [2.45, 2.75) is 18.9 Å². The van der Waals surface area contributed by atoms with Crippen LogP contribution in [0.1, 0.15) is 24.0 Å². The molecule has 1 heterocycles. The van der Waals surface area contributed by atoms with E-state index in [1.165, 1.54) is 27.2 Å². The Morgan fingerprint density at radius 2 is 1.59 bits per heavy atom. The Balaban J connectivity index is 1.50. The van der Waals surface area contributed by atoms with Crippen LogP contribution in [0.3, 0.4) is 0 Å². The summed E-state index contributed by atoms with van der Waals surface area (Å²) < 4.78 is 10.9. The maximum atomic E-state index is 12.9. The van der Waals surface area contributed by atoms with Crippen LogP contribution in [0, 0.1) is 0 Å². The maximum Gasteiger partial charge on any atom is 0.410 e. The van der Waals surface area contributed by atoms with Gasteiger partial charge in [0.1, 0.15) is 12.6 Å². The van der Waals surface area contributed by atoms with E-state index in [2.05, 4.69) is 24.3 Å². The van der Waals surface area contributed by atoms with E-state index in [0.717, 1.165) is 0 Å². The van der Waals surface area contributed by atoms with E-state index in [0.29, 0.717) is 19.6 Å². The zero-order valence-corrected chi connectivity index (χ0v) is 16.8.